The fourth-order valence-electron chi connectivity index (χ4n) is 3.21. The molecule has 0 spiro atoms. The zero-order valence-corrected chi connectivity index (χ0v) is 8.56. The smallest absolute Gasteiger partial charge is 0.0303 e. The first-order valence-corrected chi connectivity index (χ1v) is 5.48. The highest BCUT2D eigenvalue weighted by Gasteiger charge is 2.44. The van der Waals surface area contributed by atoms with Crippen LogP contribution in [0, 0.1) is 0 Å². The van der Waals surface area contributed by atoms with Crippen molar-refractivity contribution in [2.24, 2.45) is 0 Å². The van der Waals surface area contributed by atoms with E-state index in [0.717, 1.165) is 18.0 Å². The van der Waals surface area contributed by atoms with E-state index in [4.69, 9.17) is 0 Å². The summed E-state index contributed by atoms with van der Waals surface area (Å²) in [4.78, 5) is 6.79. The van der Waals surface area contributed by atoms with Crippen LogP contribution in [0.4, 0.5) is 0 Å². The summed E-state index contributed by atoms with van der Waals surface area (Å²) in [6.45, 7) is 0. The molecule has 0 radical (unpaired) electrons. The van der Waals surface area contributed by atoms with Crippen LogP contribution in [-0.4, -0.2) is 29.0 Å². The molecule has 0 aliphatic carbocycles. The summed E-state index contributed by atoms with van der Waals surface area (Å²) < 4.78 is 0. The monoisotopic (exact) mass is 188 g/mol. The number of fused-ring (bicyclic) bond motifs is 2. The molecule has 3 atom stereocenters. The highest BCUT2D eigenvalue weighted by molar-refractivity contribution is 5.22. The van der Waals surface area contributed by atoms with E-state index in [0.29, 0.717) is 0 Å². The molecule has 3 rings (SSSR count). The molecule has 0 N–H and O–H groups in total. The van der Waals surface area contributed by atoms with Crippen LogP contribution in [0.15, 0.2) is 24.5 Å². The summed E-state index contributed by atoms with van der Waals surface area (Å²) in [5, 5.41) is 0. The minimum absolute atomic E-state index is 0.743. The van der Waals surface area contributed by atoms with E-state index in [1.807, 2.05) is 12.4 Å². The lowest BCUT2D eigenvalue weighted by molar-refractivity contribution is 0.307. The number of pyridine rings is 1. The quantitative estimate of drug-likeness (QED) is 0.670. The van der Waals surface area contributed by atoms with Crippen molar-refractivity contribution < 1.29 is 0 Å². The van der Waals surface area contributed by atoms with Gasteiger partial charge in [0, 0.05) is 30.4 Å². The van der Waals surface area contributed by atoms with Gasteiger partial charge in [0.25, 0.3) is 0 Å². The molecular formula is C12H16N2. The van der Waals surface area contributed by atoms with Gasteiger partial charge in [-0.1, -0.05) is 6.07 Å². The molecule has 0 aromatic carbocycles. The van der Waals surface area contributed by atoms with Gasteiger partial charge in [-0.25, -0.2) is 0 Å². The van der Waals surface area contributed by atoms with E-state index in [1.165, 1.54) is 24.8 Å². The Bertz CT molecular complexity index is 322. The van der Waals surface area contributed by atoms with Gasteiger partial charge < -0.3 is 0 Å². The second-order valence-electron chi connectivity index (χ2n) is 4.59. The van der Waals surface area contributed by atoms with Crippen molar-refractivity contribution >= 4 is 0 Å². The van der Waals surface area contributed by atoms with Crippen molar-refractivity contribution in [3.8, 4) is 0 Å². The molecule has 2 aliphatic heterocycles. The Morgan fingerprint density at radius 2 is 2.36 bits per heavy atom. The number of likely N-dealkylation sites (N-methyl/N-ethyl adjacent to an activating group) is 1. The highest BCUT2D eigenvalue weighted by Crippen LogP contribution is 2.45. The van der Waals surface area contributed by atoms with E-state index in [9.17, 15) is 0 Å². The predicted molar refractivity (Wildman–Crippen MR) is 56.2 cm³/mol. The van der Waals surface area contributed by atoms with Crippen LogP contribution in [0.25, 0.3) is 0 Å². The molecule has 0 unspecified atom stereocenters. The summed E-state index contributed by atoms with van der Waals surface area (Å²) in [6.07, 6.45) is 8.02. The molecule has 1 aromatic rings. The zero-order chi connectivity index (χ0) is 9.54. The maximum absolute atomic E-state index is 4.22. The standard InChI is InChI=1S/C12H16N2/c1-14-10-4-5-12(14)11(7-10)9-3-2-6-13-8-9/h2-3,6,8,10-12H,4-5,7H2,1H3/t10-,11+,12+/m0/s1. The summed E-state index contributed by atoms with van der Waals surface area (Å²) >= 11 is 0. The number of nitrogens with zero attached hydrogens (tertiary/aromatic N) is 2. The molecule has 14 heavy (non-hydrogen) atoms. The van der Waals surface area contributed by atoms with Crippen LogP contribution < -0.4 is 0 Å². The lowest BCUT2D eigenvalue weighted by atomic mass is 9.85. The number of hydrogen-bond donors (Lipinski definition) is 0. The Morgan fingerprint density at radius 1 is 1.43 bits per heavy atom. The van der Waals surface area contributed by atoms with Gasteiger partial charge in [0.15, 0.2) is 0 Å². The van der Waals surface area contributed by atoms with Gasteiger partial charge in [-0.3, -0.25) is 9.88 Å². The maximum atomic E-state index is 4.22. The fourth-order valence-corrected chi connectivity index (χ4v) is 3.21. The Balaban J connectivity index is 1.89. The van der Waals surface area contributed by atoms with Crippen LogP contribution in [-0.2, 0) is 0 Å². The van der Waals surface area contributed by atoms with Crippen LogP contribution in [0.2, 0.25) is 0 Å². The van der Waals surface area contributed by atoms with Crippen LogP contribution >= 0.6 is 0 Å². The van der Waals surface area contributed by atoms with Crippen LogP contribution in [0.3, 0.4) is 0 Å². The van der Waals surface area contributed by atoms with Gasteiger partial charge in [0.05, 0.1) is 0 Å². The predicted octanol–water partition coefficient (Wildman–Crippen LogP) is 2.03. The van der Waals surface area contributed by atoms with Crippen molar-refractivity contribution in [3.63, 3.8) is 0 Å². The molecule has 3 heterocycles. The number of hydrogen-bond acceptors (Lipinski definition) is 2. The lowest BCUT2D eigenvalue weighted by Crippen LogP contribution is -2.25. The third-order valence-electron chi connectivity index (χ3n) is 4.00. The van der Waals surface area contributed by atoms with E-state index in [-0.39, 0.29) is 0 Å². The molecule has 2 nitrogen and oxygen atoms in total. The van der Waals surface area contributed by atoms with Crippen molar-refractivity contribution in [1.29, 1.82) is 0 Å². The zero-order valence-electron chi connectivity index (χ0n) is 8.56. The first-order chi connectivity index (χ1) is 6.86. The molecule has 2 heteroatoms. The third-order valence-corrected chi connectivity index (χ3v) is 4.00. The first-order valence-electron chi connectivity index (χ1n) is 5.48. The van der Waals surface area contributed by atoms with Crippen molar-refractivity contribution in [1.82, 2.24) is 9.88 Å². The topological polar surface area (TPSA) is 16.1 Å². The Morgan fingerprint density at radius 3 is 2.93 bits per heavy atom. The molecule has 2 bridgehead atoms. The van der Waals surface area contributed by atoms with E-state index in [2.05, 4.69) is 29.1 Å². The normalized spacial score (nSPS) is 36.5. The first kappa shape index (κ1) is 8.42. The summed E-state index contributed by atoms with van der Waals surface area (Å²) in [5.74, 6) is 0.743. The van der Waals surface area contributed by atoms with Gasteiger partial charge in [0.1, 0.15) is 0 Å². The fraction of sp³-hybridized carbons (Fsp3) is 0.583. The Kier molecular flexibility index (Phi) is 1.84. The molecule has 0 amide bonds. The van der Waals surface area contributed by atoms with Crippen LogP contribution in [0.1, 0.15) is 30.7 Å². The molecule has 2 saturated heterocycles. The van der Waals surface area contributed by atoms with E-state index >= 15 is 0 Å². The summed E-state index contributed by atoms with van der Waals surface area (Å²) in [6, 6.07) is 5.91. The highest BCUT2D eigenvalue weighted by atomic mass is 15.2. The van der Waals surface area contributed by atoms with Crippen molar-refractivity contribution in [3.05, 3.63) is 30.1 Å². The SMILES string of the molecule is CN1[C@H]2CC[C@@H]1[C@@H](c1cccnc1)C2. The van der Waals surface area contributed by atoms with E-state index in [1.54, 1.807) is 0 Å². The molecular weight excluding hydrogens is 172 g/mol. The Hall–Kier alpha value is -0.890. The molecule has 74 valence electrons. The molecule has 1 aromatic heterocycles. The van der Waals surface area contributed by atoms with Gasteiger partial charge in [-0.2, -0.15) is 0 Å². The summed E-state index contributed by atoms with van der Waals surface area (Å²) in [7, 11) is 2.28. The molecule has 0 saturated carbocycles. The molecule has 2 fully saturated rings. The number of aromatic nitrogens is 1. The maximum Gasteiger partial charge on any atom is 0.0303 e. The second-order valence-corrected chi connectivity index (χ2v) is 4.59. The average Bonchev–Trinajstić information content (AvgIpc) is 2.76. The van der Waals surface area contributed by atoms with Gasteiger partial charge in [-0.15, -0.1) is 0 Å². The molecule has 2 aliphatic rings. The van der Waals surface area contributed by atoms with Crippen LogP contribution in [0.5, 0.6) is 0 Å². The largest absolute Gasteiger partial charge is 0.300 e. The summed E-state index contributed by atoms with van der Waals surface area (Å²) in [5.41, 5.74) is 1.44. The second kappa shape index (κ2) is 3.06. The minimum atomic E-state index is 0.743. The van der Waals surface area contributed by atoms with Gasteiger partial charge >= 0.3 is 0 Å². The van der Waals surface area contributed by atoms with Crippen molar-refractivity contribution in [2.75, 3.05) is 7.05 Å². The third kappa shape index (κ3) is 1.10. The van der Waals surface area contributed by atoms with Gasteiger partial charge in [-0.05, 0) is 37.9 Å². The minimum Gasteiger partial charge on any atom is -0.300 e. The van der Waals surface area contributed by atoms with Crippen molar-refractivity contribution in [2.45, 2.75) is 37.3 Å². The lowest BCUT2D eigenvalue weighted by Gasteiger charge is -2.21. The average molecular weight is 188 g/mol. The number of rotatable bonds is 1. The Labute approximate surface area is 85.0 Å². The van der Waals surface area contributed by atoms with Gasteiger partial charge in [0.2, 0.25) is 0 Å². The van der Waals surface area contributed by atoms with E-state index < -0.39 is 0 Å².